The maximum atomic E-state index is 14.2. The van der Waals surface area contributed by atoms with Gasteiger partial charge in [-0.05, 0) is 73.4 Å². The molecule has 0 atom stereocenters. The highest BCUT2D eigenvalue weighted by atomic mass is 19.1. The monoisotopic (exact) mass is 416 g/mol. The van der Waals surface area contributed by atoms with E-state index in [1.165, 1.54) is 24.7 Å². The number of aromatic nitrogens is 4. The molecule has 0 bridgehead atoms. The number of carbonyl (C=O) groups is 1. The van der Waals surface area contributed by atoms with Crippen LogP contribution in [0, 0.1) is 23.1 Å². The average molecular weight is 416 g/mol. The van der Waals surface area contributed by atoms with Crippen LogP contribution in [0.15, 0.2) is 42.9 Å². The third-order valence-electron chi connectivity index (χ3n) is 5.72. The maximum absolute atomic E-state index is 14.2. The van der Waals surface area contributed by atoms with Gasteiger partial charge in [-0.3, -0.25) is 4.79 Å². The number of amides is 1. The molecule has 0 saturated heterocycles. The fraction of sp³-hybridized carbons (Fsp3) is 0.348. The van der Waals surface area contributed by atoms with E-state index in [2.05, 4.69) is 15.1 Å². The van der Waals surface area contributed by atoms with Crippen LogP contribution in [-0.4, -0.2) is 37.1 Å². The molecule has 7 nitrogen and oxygen atoms in total. The lowest BCUT2D eigenvalue weighted by molar-refractivity contribution is 0.0728. The third-order valence-corrected chi connectivity index (χ3v) is 5.72. The minimum absolute atomic E-state index is 0.198. The first-order valence-electron chi connectivity index (χ1n) is 10.5. The molecular weight excluding hydrogens is 395 g/mol. The summed E-state index contributed by atoms with van der Waals surface area (Å²) in [6, 6.07) is 10.1. The largest absolute Gasteiger partial charge is 0.331 e. The molecule has 2 saturated carbocycles. The van der Waals surface area contributed by atoms with Crippen molar-refractivity contribution >= 4 is 5.91 Å². The van der Waals surface area contributed by atoms with E-state index in [-0.39, 0.29) is 18.3 Å². The molecule has 0 unspecified atom stereocenters. The Kier molecular flexibility index (Phi) is 4.94. The van der Waals surface area contributed by atoms with Gasteiger partial charge in [-0.25, -0.2) is 14.4 Å². The molecule has 0 radical (unpaired) electrons. The minimum atomic E-state index is -0.371. The number of halogens is 1. The predicted molar refractivity (Wildman–Crippen MR) is 110 cm³/mol. The van der Waals surface area contributed by atoms with Crippen LogP contribution < -0.4 is 0 Å². The van der Waals surface area contributed by atoms with Gasteiger partial charge < -0.3 is 4.90 Å². The Labute approximate surface area is 179 Å². The Hall–Kier alpha value is -3.60. The first-order chi connectivity index (χ1) is 15.1. The van der Waals surface area contributed by atoms with E-state index >= 15 is 0 Å². The molecule has 156 valence electrons. The van der Waals surface area contributed by atoms with Crippen molar-refractivity contribution < 1.29 is 9.18 Å². The lowest BCUT2D eigenvalue weighted by atomic mass is 10.1. The van der Waals surface area contributed by atoms with E-state index in [4.69, 9.17) is 5.26 Å². The normalized spacial score (nSPS) is 15.5. The van der Waals surface area contributed by atoms with Crippen molar-refractivity contribution in [1.82, 2.24) is 24.6 Å². The molecule has 3 aromatic rings. The Morgan fingerprint density at radius 2 is 2.03 bits per heavy atom. The molecule has 2 heterocycles. The summed E-state index contributed by atoms with van der Waals surface area (Å²) >= 11 is 0. The fourth-order valence-electron chi connectivity index (χ4n) is 3.71. The van der Waals surface area contributed by atoms with Crippen molar-refractivity contribution in [2.75, 3.05) is 6.54 Å². The molecule has 2 aliphatic rings. The summed E-state index contributed by atoms with van der Waals surface area (Å²) in [5, 5.41) is 13.2. The number of nitrogens with zero attached hydrogens (tertiary/aromatic N) is 6. The van der Waals surface area contributed by atoms with Crippen LogP contribution in [0.25, 0.3) is 5.82 Å². The van der Waals surface area contributed by atoms with Crippen LogP contribution in [0.3, 0.4) is 0 Å². The molecule has 2 aliphatic carbocycles. The summed E-state index contributed by atoms with van der Waals surface area (Å²) in [5.41, 5.74) is 1.73. The molecule has 8 heteroatoms. The summed E-state index contributed by atoms with van der Waals surface area (Å²) < 4.78 is 15.8. The Bertz CT molecular complexity index is 1160. The van der Waals surface area contributed by atoms with Crippen molar-refractivity contribution in [3.05, 3.63) is 71.2 Å². The van der Waals surface area contributed by atoms with Crippen molar-refractivity contribution in [3.63, 3.8) is 0 Å². The van der Waals surface area contributed by atoms with Gasteiger partial charge in [0.05, 0.1) is 12.1 Å². The first-order valence-corrected chi connectivity index (χ1v) is 10.5. The number of hydrogen-bond donors (Lipinski definition) is 0. The van der Waals surface area contributed by atoms with Crippen LogP contribution in [0.1, 0.15) is 58.9 Å². The summed E-state index contributed by atoms with van der Waals surface area (Å²) in [5.74, 6) is 1.34. The average Bonchev–Trinajstić information content (AvgIpc) is 3.71. The SMILES string of the molecule is N#Cc1ccc(-n2ncnc2CN(CC2CC2)C(=O)c2cc(F)cc(C3CC3)c2)nc1. The van der Waals surface area contributed by atoms with Gasteiger partial charge in [0.1, 0.15) is 18.2 Å². The van der Waals surface area contributed by atoms with Gasteiger partial charge in [-0.1, -0.05) is 0 Å². The zero-order valence-electron chi connectivity index (χ0n) is 16.9. The highest BCUT2D eigenvalue weighted by Gasteiger charge is 2.30. The maximum Gasteiger partial charge on any atom is 0.254 e. The summed E-state index contributed by atoms with van der Waals surface area (Å²) in [6.07, 6.45) is 7.16. The van der Waals surface area contributed by atoms with Gasteiger partial charge in [-0.15, -0.1) is 0 Å². The lowest BCUT2D eigenvalue weighted by Crippen LogP contribution is -2.33. The predicted octanol–water partition coefficient (Wildman–Crippen LogP) is 3.60. The smallest absolute Gasteiger partial charge is 0.254 e. The van der Waals surface area contributed by atoms with Gasteiger partial charge in [0.15, 0.2) is 11.6 Å². The van der Waals surface area contributed by atoms with Gasteiger partial charge >= 0.3 is 0 Å². The molecule has 5 rings (SSSR count). The second-order valence-corrected chi connectivity index (χ2v) is 8.28. The van der Waals surface area contributed by atoms with E-state index < -0.39 is 0 Å². The molecule has 1 amide bonds. The van der Waals surface area contributed by atoms with Crippen LogP contribution in [0.4, 0.5) is 4.39 Å². The number of nitriles is 1. The number of pyridine rings is 1. The van der Waals surface area contributed by atoms with Crippen LogP contribution >= 0.6 is 0 Å². The Balaban J connectivity index is 1.42. The zero-order chi connectivity index (χ0) is 21.4. The quantitative estimate of drug-likeness (QED) is 0.587. The summed E-state index contributed by atoms with van der Waals surface area (Å²) in [6.45, 7) is 0.841. The topological polar surface area (TPSA) is 87.7 Å². The molecule has 1 aromatic carbocycles. The van der Waals surface area contributed by atoms with Crippen molar-refractivity contribution in [1.29, 1.82) is 5.26 Å². The van der Waals surface area contributed by atoms with Crippen molar-refractivity contribution in [2.45, 2.75) is 38.1 Å². The van der Waals surface area contributed by atoms with Crippen LogP contribution in [0.2, 0.25) is 0 Å². The van der Waals surface area contributed by atoms with Crippen molar-refractivity contribution in [3.8, 4) is 11.9 Å². The lowest BCUT2D eigenvalue weighted by Gasteiger charge is -2.23. The number of hydrogen-bond acceptors (Lipinski definition) is 5. The van der Waals surface area contributed by atoms with E-state index in [0.717, 1.165) is 31.2 Å². The highest BCUT2D eigenvalue weighted by Crippen LogP contribution is 2.40. The second kappa shape index (κ2) is 7.91. The van der Waals surface area contributed by atoms with Crippen molar-refractivity contribution in [2.24, 2.45) is 5.92 Å². The molecule has 0 spiro atoms. The van der Waals surface area contributed by atoms with Gasteiger partial charge in [0.2, 0.25) is 0 Å². The molecule has 0 N–H and O–H groups in total. The second-order valence-electron chi connectivity index (χ2n) is 8.28. The standard InChI is InChI=1S/C23H21FN6O/c24-20-8-18(17-4-5-17)7-19(9-20)23(31)29(12-15-1-2-15)13-22-27-14-28-30(22)21-6-3-16(10-25)11-26-21/h3,6-9,11,14-15,17H,1-2,4-5,12-13H2. The number of rotatable bonds is 7. The first kappa shape index (κ1) is 19.4. The number of benzene rings is 1. The van der Waals surface area contributed by atoms with E-state index in [0.29, 0.717) is 41.1 Å². The fourth-order valence-corrected chi connectivity index (χ4v) is 3.71. The molecule has 2 fully saturated rings. The van der Waals surface area contributed by atoms with Gasteiger partial charge in [0, 0.05) is 18.3 Å². The third kappa shape index (κ3) is 4.31. The summed E-state index contributed by atoms with van der Waals surface area (Å²) in [4.78, 5) is 23.7. The van der Waals surface area contributed by atoms with Crippen LogP contribution in [-0.2, 0) is 6.54 Å². The molecular formula is C23H21FN6O. The Morgan fingerprint density at radius 3 is 2.71 bits per heavy atom. The van der Waals surface area contributed by atoms with E-state index in [1.54, 1.807) is 21.7 Å². The minimum Gasteiger partial charge on any atom is -0.331 e. The van der Waals surface area contributed by atoms with E-state index in [1.807, 2.05) is 12.1 Å². The van der Waals surface area contributed by atoms with Crippen LogP contribution in [0.5, 0.6) is 0 Å². The molecule has 31 heavy (non-hydrogen) atoms. The van der Waals surface area contributed by atoms with E-state index in [9.17, 15) is 9.18 Å². The summed E-state index contributed by atoms with van der Waals surface area (Å²) in [7, 11) is 0. The van der Waals surface area contributed by atoms with Gasteiger partial charge in [0.25, 0.3) is 5.91 Å². The molecule has 0 aliphatic heterocycles. The van der Waals surface area contributed by atoms with Gasteiger partial charge in [-0.2, -0.15) is 15.0 Å². The molecule has 2 aromatic heterocycles. The number of carbonyl (C=O) groups excluding carboxylic acids is 1. The zero-order valence-corrected chi connectivity index (χ0v) is 16.9. The highest BCUT2D eigenvalue weighted by molar-refractivity contribution is 5.94. The Morgan fingerprint density at radius 1 is 1.19 bits per heavy atom.